The van der Waals surface area contributed by atoms with Gasteiger partial charge in [0.2, 0.25) is 21.8 Å². The van der Waals surface area contributed by atoms with Gasteiger partial charge in [-0.15, -0.1) is 0 Å². The summed E-state index contributed by atoms with van der Waals surface area (Å²) >= 11 is 0. The van der Waals surface area contributed by atoms with E-state index < -0.39 is 28.0 Å². The number of phenolic OH excluding ortho intramolecular Hbond substituents is 1. The SMILES string of the molecule is CCS(=O)(=O)N[C@H](Cc1ccccc1)C(=O)N1CC[C@H]1C(=O)NCc1ccc(C(=N)N)c(O)c1. The summed E-state index contributed by atoms with van der Waals surface area (Å²) in [6, 6.07) is 11.9. The zero-order chi connectivity index (χ0) is 24.9. The molecular formula is C23H29N5O5S. The molecule has 2 aromatic rings. The minimum atomic E-state index is -3.64. The molecular weight excluding hydrogens is 458 g/mol. The number of carbonyl (C=O) groups is 2. The summed E-state index contributed by atoms with van der Waals surface area (Å²) in [6.07, 6.45) is 0.635. The summed E-state index contributed by atoms with van der Waals surface area (Å²) in [5.41, 5.74) is 6.99. The Morgan fingerprint density at radius 1 is 1.21 bits per heavy atom. The second-order valence-electron chi connectivity index (χ2n) is 8.08. The molecule has 0 aromatic heterocycles. The first kappa shape index (κ1) is 25.2. The smallest absolute Gasteiger partial charge is 0.243 e. The number of nitrogen functional groups attached to an aromatic ring is 1. The fraction of sp³-hybridized carbons (Fsp3) is 0.348. The molecule has 1 saturated heterocycles. The third-order valence-electron chi connectivity index (χ3n) is 5.71. The van der Waals surface area contributed by atoms with E-state index in [1.54, 1.807) is 6.07 Å². The van der Waals surface area contributed by atoms with Crippen LogP contribution in [-0.4, -0.2) is 60.5 Å². The third kappa shape index (κ3) is 6.12. The molecule has 0 aliphatic carbocycles. The maximum absolute atomic E-state index is 13.2. The van der Waals surface area contributed by atoms with Crippen LogP contribution in [0.4, 0.5) is 0 Å². The van der Waals surface area contributed by atoms with Crippen LogP contribution in [0.15, 0.2) is 48.5 Å². The number of likely N-dealkylation sites (tertiary alicyclic amines) is 1. The molecule has 1 heterocycles. The minimum Gasteiger partial charge on any atom is -0.507 e. The molecule has 10 nitrogen and oxygen atoms in total. The molecule has 2 amide bonds. The van der Waals surface area contributed by atoms with Crippen LogP contribution in [-0.2, 0) is 32.6 Å². The molecule has 0 bridgehead atoms. The van der Waals surface area contributed by atoms with Crippen LogP contribution in [0.3, 0.4) is 0 Å². The van der Waals surface area contributed by atoms with Crippen molar-refractivity contribution in [3.63, 3.8) is 0 Å². The molecule has 0 spiro atoms. The number of rotatable bonds is 10. The molecule has 0 radical (unpaired) electrons. The van der Waals surface area contributed by atoms with Gasteiger partial charge in [-0.1, -0.05) is 36.4 Å². The molecule has 11 heteroatoms. The molecule has 0 unspecified atom stereocenters. The first-order valence-corrected chi connectivity index (χ1v) is 12.5. The Morgan fingerprint density at radius 3 is 2.47 bits per heavy atom. The number of nitrogens with two attached hydrogens (primary N) is 1. The Hall–Kier alpha value is -3.44. The van der Waals surface area contributed by atoms with Gasteiger partial charge in [0.05, 0.1) is 11.3 Å². The molecule has 1 fully saturated rings. The van der Waals surface area contributed by atoms with Crippen LogP contribution >= 0.6 is 0 Å². The lowest BCUT2D eigenvalue weighted by molar-refractivity contribution is -0.148. The molecule has 2 atom stereocenters. The van der Waals surface area contributed by atoms with Crippen molar-refractivity contribution in [3.8, 4) is 5.75 Å². The summed E-state index contributed by atoms with van der Waals surface area (Å²) in [4.78, 5) is 27.3. The lowest BCUT2D eigenvalue weighted by Gasteiger charge is -2.41. The lowest BCUT2D eigenvalue weighted by Crippen LogP contribution is -2.62. The molecule has 34 heavy (non-hydrogen) atoms. The monoisotopic (exact) mass is 487 g/mol. The Kier molecular flexibility index (Phi) is 7.90. The van der Waals surface area contributed by atoms with E-state index in [0.29, 0.717) is 18.5 Å². The van der Waals surface area contributed by atoms with Crippen LogP contribution in [0, 0.1) is 5.41 Å². The van der Waals surface area contributed by atoms with Crippen molar-refractivity contribution >= 4 is 27.7 Å². The first-order valence-electron chi connectivity index (χ1n) is 10.9. The van der Waals surface area contributed by atoms with Crippen molar-refractivity contribution in [2.75, 3.05) is 12.3 Å². The van der Waals surface area contributed by atoms with Gasteiger partial charge >= 0.3 is 0 Å². The van der Waals surface area contributed by atoms with Gasteiger partial charge in [-0.3, -0.25) is 15.0 Å². The second-order valence-corrected chi connectivity index (χ2v) is 10.1. The molecule has 1 aliphatic heterocycles. The molecule has 182 valence electrons. The number of aromatic hydroxyl groups is 1. The molecule has 6 N–H and O–H groups in total. The van der Waals surface area contributed by atoms with Gasteiger partial charge < -0.3 is 21.1 Å². The van der Waals surface area contributed by atoms with E-state index in [-0.39, 0.29) is 41.8 Å². The van der Waals surface area contributed by atoms with Crippen molar-refractivity contribution in [3.05, 3.63) is 65.2 Å². The summed E-state index contributed by atoms with van der Waals surface area (Å²) in [6.45, 7) is 1.95. The number of amidine groups is 1. The standard InChI is InChI=1S/C23H29N5O5S/c1-2-34(32,33)27-18(12-15-6-4-3-5-7-15)23(31)28-11-10-19(28)22(30)26-14-16-8-9-17(21(24)25)20(29)13-16/h3-9,13,18-19,27,29H,2,10-12,14H2,1H3,(H3,24,25)(H,26,30)/t18-,19+/m1/s1. The van der Waals surface area contributed by atoms with Crippen molar-refractivity contribution in [2.45, 2.75) is 38.4 Å². The third-order valence-corrected chi connectivity index (χ3v) is 7.11. The lowest BCUT2D eigenvalue weighted by atomic mass is 9.98. The first-order chi connectivity index (χ1) is 16.1. The van der Waals surface area contributed by atoms with E-state index in [1.807, 2.05) is 30.3 Å². The van der Waals surface area contributed by atoms with Gasteiger partial charge in [0.15, 0.2) is 0 Å². The van der Waals surface area contributed by atoms with Crippen LogP contribution in [0.5, 0.6) is 5.75 Å². The number of hydrogen-bond donors (Lipinski definition) is 5. The van der Waals surface area contributed by atoms with E-state index in [1.165, 1.54) is 24.0 Å². The summed E-state index contributed by atoms with van der Waals surface area (Å²) in [5.74, 6) is -1.40. The normalized spacial score (nSPS) is 16.4. The van der Waals surface area contributed by atoms with Crippen molar-refractivity contribution in [1.82, 2.24) is 14.9 Å². The van der Waals surface area contributed by atoms with E-state index in [4.69, 9.17) is 11.1 Å². The van der Waals surface area contributed by atoms with Crippen LogP contribution in [0.25, 0.3) is 0 Å². The highest BCUT2D eigenvalue weighted by molar-refractivity contribution is 7.89. The number of amides is 2. The maximum atomic E-state index is 13.2. The Labute approximate surface area is 198 Å². The number of benzene rings is 2. The molecule has 3 rings (SSSR count). The molecule has 2 aromatic carbocycles. The van der Waals surface area contributed by atoms with Crippen LogP contribution in [0.1, 0.15) is 30.0 Å². The van der Waals surface area contributed by atoms with Gasteiger partial charge in [-0.25, -0.2) is 13.1 Å². The van der Waals surface area contributed by atoms with E-state index in [2.05, 4.69) is 10.0 Å². The van der Waals surface area contributed by atoms with E-state index in [9.17, 15) is 23.1 Å². The largest absolute Gasteiger partial charge is 0.507 e. The number of sulfonamides is 1. The van der Waals surface area contributed by atoms with Gasteiger partial charge in [-0.05, 0) is 43.0 Å². The van der Waals surface area contributed by atoms with Crippen molar-refractivity contribution in [2.24, 2.45) is 5.73 Å². The Morgan fingerprint density at radius 2 is 1.91 bits per heavy atom. The molecule has 0 saturated carbocycles. The van der Waals surface area contributed by atoms with Crippen LogP contribution in [0.2, 0.25) is 0 Å². The van der Waals surface area contributed by atoms with E-state index in [0.717, 1.165) is 5.56 Å². The predicted molar refractivity (Wildman–Crippen MR) is 128 cm³/mol. The fourth-order valence-electron chi connectivity index (χ4n) is 3.68. The number of carbonyl (C=O) groups excluding carboxylic acids is 2. The highest BCUT2D eigenvalue weighted by atomic mass is 32.2. The number of phenols is 1. The Balaban J connectivity index is 1.66. The van der Waals surface area contributed by atoms with Gasteiger partial charge in [0, 0.05) is 13.1 Å². The fourth-order valence-corrected chi connectivity index (χ4v) is 4.46. The average molecular weight is 488 g/mol. The predicted octanol–water partition coefficient (Wildman–Crippen LogP) is 0.444. The average Bonchev–Trinajstić information content (AvgIpc) is 2.77. The van der Waals surface area contributed by atoms with E-state index >= 15 is 0 Å². The summed E-state index contributed by atoms with van der Waals surface area (Å²) in [7, 11) is -3.64. The van der Waals surface area contributed by atoms with Gasteiger partial charge in [-0.2, -0.15) is 0 Å². The van der Waals surface area contributed by atoms with Crippen molar-refractivity contribution in [1.29, 1.82) is 5.41 Å². The van der Waals surface area contributed by atoms with Gasteiger partial charge in [0.25, 0.3) is 0 Å². The maximum Gasteiger partial charge on any atom is 0.243 e. The number of nitrogens with one attached hydrogen (secondary N) is 3. The summed E-state index contributed by atoms with van der Waals surface area (Å²) < 4.78 is 26.9. The summed E-state index contributed by atoms with van der Waals surface area (Å²) in [5, 5.41) is 20.1. The zero-order valence-electron chi connectivity index (χ0n) is 18.8. The zero-order valence-corrected chi connectivity index (χ0v) is 19.6. The topological polar surface area (TPSA) is 166 Å². The number of hydrogen-bond acceptors (Lipinski definition) is 6. The minimum absolute atomic E-state index is 0.110. The molecule has 1 aliphatic rings. The quantitative estimate of drug-likeness (QED) is 0.241. The Bertz CT molecular complexity index is 1170. The van der Waals surface area contributed by atoms with Gasteiger partial charge in [0.1, 0.15) is 23.7 Å². The second kappa shape index (κ2) is 10.7. The highest BCUT2D eigenvalue weighted by Gasteiger charge is 2.41. The highest BCUT2D eigenvalue weighted by Crippen LogP contribution is 2.22. The number of nitrogens with zero attached hydrogens (tertiary/aromatic N) is 1. The van der Waals surface area contributed by atoms with Crippen LogP contribution < -0.4 is 15.8 Å². The van der Waals surface area contributed by atoms with Crippen molar-refractivity contribution < 1.29 is 23.1 Å².